The lowest BCUT2D eigenvalue weighted by molar-refractivity contribution is 0.112. The standard InChI is InChI=1S/C15H21FO3/c1-2-3-4-5-6-7-8-19-15-9-12(11-17)14(18)10-13(15)16/h9-11,18H,2-8H2,1H3. The summed E-state index contributed by atoms with van der Waals surface area (Å²) in [6, 6.07) is 2.13. The zero-order valence-electron chi connectivity index (χ0n) is 11.3. The molecule has 0 unspecified atom stereocenters. The van der Waals surface area contributed by atoms with Crippen molar-refractivity contribution in [1.29, 1.82) is 0 Å². The van der Waals surface area contributed by atoms with Gasteiger partial charge in [0.25, 0.3) is 0 Å². The zero-order valence-corrected chi connectivity index (χ0v) is 11.3. The summed E-state index contributed by atoms with van der Waals surface area (Å²) < 4.78 is 18.7. The van der Waals surface area contributed by atoms with Crippen molar-refractivity contribution in [2.24, 2.45) is 0 Å². The minimum atomic E-state index is -0.644. The third kappa shape index (κ3) is 5.28. The fraction of sp³-hybridized carbons (Fsp3) is 0.533. The molecule has 1 aromatic carbocycles. The number of halogens is 1. The lowest BCUT2D eigenvalue weighted by Gasteiger charge is -2.08. The second-order valence-corrected chi connectivity index (χ2v) is 4.58. The van der Waals surface area contributed by atoms with E-state index in [9.17, 15) is 14.3 Å². The summed E-state index contributed by atoms with van der Waals surface area (Å²) in [6.45, 7) is 2.59. The fourth-order valence-electron chi connectivity index (χ4n) is 1.83. The van der Waals surface area contributed by atoms with Crippen molar-refractivity contribution in [3.8, 4) is 11.5 Å². The van der Waals surface area contributed by atoms with Gasteiger partial charge in [0.15, 0.2) is 17.9 Å². The summed E-state index contributed by atoms with van der Waals surface area (Å²) in [5, 5.41) is 9.28. The number of aromatic hydroxyl groups is 1. The number of carbonyl (C=O) groups is 1. The van der Waals surface area contributed by atoms with Crippen molar-refractivity contribution in [1.82, 2.24) is 0 Å². The van der Waals surface area contributed by atoms with Gasteiger partial charge in [-0.15, -0.1) is 0 Å². The van der Waals surface area contributed by atoms with E-state index in [1.807, 2.05) is 0 Å². The Hall–Kier alpha value is -1.58. The molecule has 0 atom stereocenters. The van der Waals surface area contributed by atoms with Gasteiger partial charge in [0.1, 0.15) is 5.75 Å². The first-order valence-corrected chi connectivity index (χ1v) is 6.79. The molecular formula is C15H21FO3. The third-order valence-corrected chi connectivity index (χ3v) is 2.96. The first-order valence-electron chi connectivity index (χ1n) is 6.79. The number of hydrogen-bond acceptors (Lipinski definition) is 3. The van der Waals surface area contributed by atoms with Crippen LogP contribution in [0.4, 0.5) is 4.39 Å². The van der Waals surface area contributed by atoms with Crippen molar-refractivity contribution in [3.63, 3.8) is 0 Å². The molecule has 0 radical (unpaired) electrons. The average molecular weight is 268 g/mol. The minimum absolute atomic E-state index is 0.0217. The molecular weight excluding hydrogens is 247 g/mol. The van der Waals surface area contributed by atoms with Crippen LogP contribution in [-0.4, -0.2) is 18.0 Å². The van der Waals surface area contributed by atoms with E-state index in [0.717, 1.165) is 25.3 Å². The highest BCUT2D eigenvalue weighted by Gasteiger charge is 2.09. The molecule has 0 saturated heterocycles. The maximum atomic E-state index is 13.4. The number of benzene rings is 1. The molecule has 106 valence electrons. The molecule has 1 aromatic rings. The van der Waals surface area contributed by atoms with E-state index < -0.39 is 5.82 Å². The van der Waals surface area contributed by atoms with Gasteiger partial charge < -0.3 is 9.84 Å². The van der Waals surface area contributed by atoms with Gasteiger partial charge >= 0.3 is 0 Å². The first kappa shape index (κ1) is 15.5. The highest BCUT2D eigenvalue weighted by atomic mass is 19.1. The molecule has 0 saturated carbocycles. The van der Waals surface area contributed by atoms with Crippen LogP contribution in [0.3, 0.4) is 0 Å². The molecule has 0 fully saturated rings. The highest BCUT2D eigenvalue weighted by Crippen LogP contribution is 2.25. The van der Waals surface area contributed by atoms with Gasteiger partial charge in [-0.2, -0.15) is 0 Å². The second-order valence-electron chi connectivity index (χ2n) is 4.58. The summed E-state index contributed by atoms with van der Waals surface area (Å²) in [7, 11) is 0. The number of aldehydes is 1. The SMILES string of the molecule is CCCCCCCCOc1cc(C=O)c(O)cc1F. The van der Waals surface area contributed by atoms with Crippen LogP contribution in [0.1, 0.15) is 55.8 Å². The zero-order chi connectivity index (χ0) is 14.1. The molecule has 0 heterocycles. The number of phenolic OH excluding ortho intramolecular Hbond substituents is 1. The van der Waals surface area contributed by atoms with E-state index in [2.05, 4.69) is 6.92 Å². The minimum Gasteiger partial charge on any atom is -0.507 e. The van der Waals surface area contributed by atoms with Gasteiger partial charge in [-0.25, -0.2) is 4.39 Å². The molecule has 3 nitrogen and oxygen atoms in total. The molecule has 0 spiro atoms. The lowest BCUT2D eigenvalue weighted by atomic mass is 10.1. The Morgan fingerprint density at radius 2 is 1.89 bits per heavy atom. The predicted octanol–water partition coefficient (Wildman–Crippen LogP) is 4.08. The summed E-state index contributed by atoms with van der Waals surface area (Å²) in [5.74, 6) is -0.984. The monoisotopic (exact) mass is 268 g/mol. The summed E-state index contributed by atoms with van der Waals surface area (Å²) >= 11 is 0. The molecule has 0 aliphatic heterocycles. The van der Waals surface area contributed by atoms with Crippen LogP contribution in [0.5, 0.6) is 11.5 Å². The predicted molar refractivity (Wildman–Crippen MR) is 72.3 cm³/mol. The Bertz CT molecular complexity index is 405. The Balaban J connectivity index is 2.35. The summed E-state index contributed by atoms with van der Waals surface area (Å²) in [6.07, 6.45) is 7.24. The first-order chi connectivity index (χ1) is 9.19. The highest BCUT2D eigenvalue weighted by molar-refractivity contribution is 5.79. The number of hydrogen-bond donors (Lipinski definition) is 1. The van der Waals surface area contributed by atoms with Crippen molar-refractivity contribution >= 4 is 6.29 Å². The van der Waals surface area contributed by atoms with Gasteiger partial charge in [0.2, 0.25) is 0 Å². The number of ether oxygens (including phenoxy) is 1. The Morgan fingerprint density at radius 3 is 2.58 bits per heavy atom. The summed E-state index contributed by atoms with van der Waals surface area (Å²) in [4.78, 5) is 10.6. The number of carbonyl (C=O) groups excluding carboxylic acids is 1. The smallest absolute Gasteiger partial charge is 0.168 e. The topological polar surface area (TPSA) is 46.5 Å². The molecule has 0 aromatic heterocycles. The number of rotatable bonds is 9. The van der Waals surface area contributed by atoms with E-state index in [4.69, 9.17) is 4.74 Å². The van der Waals surface area contributed by atoms with Crippen molar-refractivity contribution in [2.75, 3.05) is 6.61 Å². The van der Waals surface area contributed by atoms with Gasteiger partial charge in [-0.3, -0.25) is 4.79 Å². The molecule has 0 aliphatic rings. The van der Waals surface area contributed by atoms with Crippen LogP contribution >= 0.6 is 0 Å². The Labute approximate surface area is 113 Å². The normalized spacial score (nSPS) is 10.4. The maximum Gasteiger partial charge on any atom is 0.168 e. The number of unbranched alkanes of at least 4 members (excludes halogenated alkanes) is 5. The van der Waals surface area contributed by atoms with Gasteiger partial charge in [-0.05, 0) is 12.5 Å². The van der Waals surface area contributed by atoms with Crippen molar-refractivity contribution < 1.29 is 19.0 Å². The van der Waals surface area contributed by atoms with Crippen molar-refractivity contribution in [3.05, 3.63) is 23.5 Å². The quantitative estimate of drug-likeness (QED) is 0.542. The van der Waals surface area contributed by atoms with E-state index in [0.29, 0.717) is 12.9 Å². The lowest BCUT2D eigenvalue weighted by Crippen LogP contribution is -2.00. The number of phenols is 1. The molecule has 0 amide bonds. The van der Waals surface area contributed by atoms with Crippen LogP contribution < -0.4 is 4.74 Å². The van der Waals surface area contributed by atoms with Crippen LogP contribution in [0.15, 0.2) is 12.1 Å². The van der Waals surface area contributed by atoms with Crippen molar-refractivity contribution in [2.45, 2.75) is 45.4 Å². The Kier molecular flexibility index (Phi) is 6.93. The molecule has 0 aliphatic carbocycles. The van der Waals surface area contributed by atoms with Crippen LogP contribution in [-0.2, 0) is 0 Å². The molecule has 4 heteroatoms. The van der Waals surface area contributed by atoms with Gasteiger partial charge in [0, 0.05) is 6.07 Å². The van der Waals surface area contributed by atoms with E-state index in [1.54, 1.807) is 0 Å². The summed E-state index contributed by atoms with van der Waals surface area (Å²) in [5.41, 5.74) is 0.0411. The third-order valence-electron chi connectivity index (χ3n) is 2.96. The van der Waals surface area contributed by atoms with E-state index in [1.165, 1.54) is 25.3 Å². The molecule has 0 bridgehead atoms. The van der Waals surface area contributed by atoms with Crippen LogP contribution in [0.2, 0.25) is 0 Å². The fourth-order valence-corrected chi connectivity index (χ4v) is 1.83. The molecule has 1 N–H and O–H groups in total. The largest absolute Gasteiger partial charge is 0.507 e. The second kappa shape index (κ2) is 8.51. The van der Waals surface area contributed by atoms with Crippen LogP contribution in [0, 0.1) is 5.82 Å². The Morgan fingerprint density at radius 1 is 1.21 bits per heavy atom. The average Bonchev–Trinajstić information content (AvgIpc) is 2.40. The molecule has 1 rings (SSSR count). The molecule has 19 heavy (non-hydrogen) atoms. The maximum absolute atomic E-state index is 13.4. The van der Waals surface area contributed by atoms with Gasteiger partial charge in [0.05, 0.1) is 12.2 Å². The van der Waals surface area contributed by atoms with Crippen LogP contribution in [0.25, 0.3) is 0 Å². The van der Waals surface area contributed by atoms with E-state index >= 15 is 0 Å². The van der Waals surface area contributed by atoms with Gasteiger partial charge in [-0.1, -0.05) is 39.0 Å². The van der Waals surface area contributed by atoms with E-state index in [-0.39, 0.29) is 17.1 Å².